The van der Waals surface area contributed by atoms with Crippen LogP contribution in [0, 0.1) is 11.8 Å². The molecule has 0 bridgehead atoms. The van der Waals surface area contributed by atoms with Crippen molar-refractivity contribution in [2.24, 2.45) is 17.6 Å². The number of aliphatic hydroxyl groups excluding tert-OH is 2. The van der Waals surface area contributed by atoms with Crippen molar-refractivity contribution in [3.05, 3.63) is 69.5 Å². The van der Waals surface area contributed by atoms with Crippen LogP contribution in [0.4, 0.5) is 5.69 Å². The molecule has 238 valence electrons. The van der Waals surface area contributed by atoms with Crippen LogP contribution in [0.5, 0.6) is 11.5 Å². The lowest BCUT2D eigenvalue weighted by Gasteiger charge is -2.50. The second kappa shape index (κ2) is 11.4. The number of amides is 1. The molecule has 0 unspecified atom stereocenters. The van der Waals surface area contributed by atoms with E-state index in [9.17, 15) is 39.6 Å². The Balaban J connectivity index is 1.61. The van der Waals surface area contributed by atoms with Crippen molar-refractivity contribution in [3.8, 4) is 11.5 Å². The zero-order valence-electron chi connectivity index (χ0n) is 25.7. The summed E-state index contributed by atoms with van der Waals surface area (Å²) in [4.78, 5) is 56.0. The minimum Gasteiger partial charge on any atom is -0.508 e. The molecule has 2 aromatic rings. The molecule has 2 aromatic carbocycles. The highest BCUT2D eigenvalue weighted by molar-refractivity contribution is 6.24. The van der Waals surface area contributed by atoms with E-state index in [1.165, 1.54) is 4.90 Å². The highest BCUT2D eigenvalue weighted by Gasteiger charge is 2.64. The fraction of sp³-hybridized carbons (Fsp3) is 0.394. The topological polar surface area (TPSA) is 191 Å². The van der Waals surface area contributed by atoms with Crippen LogP contribution in [0.25, 0.3) is 5.76 Å². The molecular weight excluding hydrogens is 582 g/mol. The minimum atomic E-state index is -2.73. The van der Waals surface area contributed by atoms with Crippen molar-refractivity contribution in [2.45, 2.75) is 37.3 Å². The van der Waals surface area contributed by atoms with Crippen LogP contribution in [0.1, 0.15) is 28.7 Å². The number of phenols is 1. The molecule has 1 fully saturated rings. The number of carbonyl (C=O) groups excluding carboxylic acids is 4. The van der Waals surface area contributed by atoms with Crippen molar-refractivity contribution in [2.75, 3.05) is 40.2 Å². The lowest BCUT2D eigenvalue weighted by molar-refractivity contribution is -0.153. The highest BCUT2D eigenvalue weighted by Crippen LogP contribution is 2.54. The lowest BCUT2D eigenvalue weighted by atomic mass is 9.57. The third kappa shape index (κ3) is 4.94. The second-order valence-corrected chi connectivity index (χ2v) is 12.4. The molecule has 0 aromatic heterocycles. The quantitative estimate of drug-likeness (QED) is 0.268. The van der Waals surface area contributed by atoms with E-state index in [1.807, 2.05) is 0 Å². The number of fused-ring (bicyclic) bond motifs is 3. The number of hydrogen-bond acceptors (Lipinski definition) is 11. The molecule has 45 heavy (non-hydrogen) atoms. The van der Waals surface area contributed by atoms with Crippen molar-refractivity contribution in [1.29, 1.82) is 0 Å². The summed E-state index contributed by atoms with van der Waals surface area (Å²) in [6.45, 7) is 0. The summed E-state index contributed by atoms with van der Waals surface area (Å²) in [5.74, 6) is -6.74. The number of hydrogen-bond donors (Lipinski definition) is 5. The summed E-state index contributed by atoms with van der Waals surface area (Å²) in [6, 6.07) is 7.54. The minimum absolute atomic E-state index is 0.0124. The van der Waals surface area contributed by atoms with Crippen LogP contribution in [-0.4, -0.2) is 95.5 Å². The van der Waals surface area contributed by atoms with Gasteiger partial charge in [0.25, 0.3) is 5.91 Å². The Bertz CT molecular complexity index is 1690. The number of anilines is 1. The van der Waals surface area contributed by atoms with Crippen LogP contribution in [-0.2, 0) is 38.4 Å². The van der Waals surface area contributed by atoms with Crippen LogP contribution >= 0.6 is 0 Å². The van der Waals surface area contributed by atoms with Gasteiger partial charge in [-0.05, 0) is 62.2 Å². The number of benzene rings is 2. The van der Waals surface area contributed by atoms with Crippen molar-refractivity contribution in [1.82, 2.24) is 4.90 Å². The van der Waals surface area contributed by atoms with E-state index in [2.05, 4.69) is 0 Å². The zero-order chi connectivity index (χ0) is 33.1. The van der Waals surface area contributed by atoms with Crippen molar-refractivity contribution < 1.29 is 44.3 Å². The Morgan fingerprint density at radius 3 is 2.24 bits per heavy atom. The third-order valence-electron chi connectivity index (χ3n) is 9.21. The monoisotopic (exact) mass is 619 g/mol. The van der Waals surface area contributed by atoms with Crippen molar-refractivity contribution in [3.63, 3.8) is 0 Å². The Kier molecular flexibility index (Phi) is 8.01. The maximum absolute atomic E-state index is 14.1. The van der Waals surface area contributed by atoms with Crippen LogP contribution < -0.4 is 15.4 Å². The number of rotatable bonds is 8. The molecule has 1 saturated carbocycles. The molecule has 0 saturated heterocycles. The molecule has 0 aliphatic heterocycles. The summed E-state index contributed by atoms with van der Waals surface area (Å²) >= 11 is 0. The number of Topliss-reactive ketones (excluding diaryl/α,β-unsaturated/α-hetero) is 3. The number of likely N-dealkylation sites (N-methyl/N-ethyl adjacent to an activating group) is 1. The van der Waals surface area contributed by atoms with Crippen LogP contribution in [0.2, 0.25) is 0 Å². The largest absolute Gasteiger partial charge is 0.508 e. The third-order valence-corrected chi connectivity index (χ3v) is 9.21. The first-order chi connectivity index (χ1) is 21.1. The normalized spacial score (nSPS) is 24.3. The molecule has 1 amide bonds. The fourth-order valence-corrected chi connectivity index (χ4v) is 7.13. The number of nitrogens with two attached hydrogens (primary N) is 1. The van der Waals surface area contributed by atoms with Gasteiger partial charge >= 0.3 is 0 Å². The molecule has 4 atom stereocenters. The first kappa shape index (κ1) is 31.7. The van der Waals surface area contributed by atoms with Gasteiger partial charge in [-0.15, -0.1) is 0 Å². The predicted molar refractivity (Wildman–Crippen MR) is 164 cm³/mol. The first-order valence-electron chi connectivity index (χ1n) is 14.5. The zero-order valence-corrected chi connectivity index (χ0v) is 25.7. The van der Waals surface area contributed by atoms with Crippen LogP contribution in [0.15, 0.2) is 47.2 Å². The van der Waals surface area contributed by atoms with Gasteiger partial charge in [-0.2, -0.15) is 0 Å². The average Bonchev–Trinajstić information content (AvgIpc) is 2.96. The molecule has 12 nitrogen and oxygen atoms in total. The number of aliphatic hydroxyl groups is 3. The molecule has 0 spiro atoms. The van der Waals surface area contributed by atoms with Gasteiger partial charge in [-0.25, -0.2) is 0 Å². The summed E-state index contributed by atoms with van der Waals surface area (Å²) in [6.07, 6.45) is 0.0483. The number of methoxy groups -OCH3 is 1. The fourth-order valence-electron chi connectivity index (χ4n) is 7.13. The van der Waals surface area contributed by atoms with E-state index < -0.39 is 58.0 Å². The second-order valence-electron chi connectivity index (χ2n) is 12.4. The summed E-state index contributed by atoms with van der Waals surface area (Å²) in [5.41, 5.74) is 3.61. The van der Waals surface area contributed by atoms with Gasteiger partial charge in [0.05, 0.1) is 18.7 Å². The number of nitrogens with zero attached hydrogens (tertiary/aromatic N) is 2. The van der Waals surface area contributed by atoms with E-state index in [0.717, 1.165) is 5.56 Å². The summed E-state index contributed by atoms with van der Waals surface area (Å²) in [5, 5.41) is 46.0. The Hall–Kier alpha value is -4.68. The van der Waals surface area contributed by atoms with Gasteiger partial charge in [-0.3, -0.25) is 24.1 Å². The number of aromatic hydroxyl groups is 1. The van der Waals surface area contributed by atoms with Gasteiger partial charge in [0, 0.05) is 49.7 Å². The van der Waals surface area contributed by atoms with Crippen molar-refractivity contribution >= 4 is 34.7 Å². The number of carbonyl (C=O) groups is 4. The highest BCUT2D eigenvalue weighted by atomic mass is 16.5. The maximum Gasteiger partial charge on any atom is 0.255 e. The Morgan fingerprint density at radius 2 is 1.69 bits per heavy atom. The van der Waals surface area contributed by atoms with Gasteiger partial charge in [0.2, 0.25) is 5.78 Å². The first-order valence-corrected chi connectivity index (χ1v) is 14.5. The molecule has 6 N–H and O–H groups in total. The van der Waals surface area contributed by atoms with E-state index in [4.69, 9.17) is 10.5 Å². The Morgan fingerprint density at radius 1 is 1.04 bits per heavy atom. The summed E-state index contributed by atoms with van der Waals surface area (Å²) in [7, 11) is 8.18. The number of ether oxygens (including phenoxy) is 1. The lowest BCUT2D eigenvalue weighted by Crippen LogP contribution is -2.65. The van der Waals surface area contributed by atoms with Gasteiger partial charge < -0.3 is 35.8 Å². The van der Waals surface area contributed by atoms with E-state index in [1.54, 1.807) is 70.5 Å². The van der Waals surface area contributed by atoms with E-state index in [0.29, 0.717) is 17.0 Å². The van der Waals surface area contributed by atoms with E-state index in [-0.39, 0.29) is 53.9 Å². The Labute approximate surface area is 260 Å². The molecule has 0 heterocycles. The number of phenolic OH excluding ortho intramolecular Hbond substituents is 1. The van der Waals surface area contributed by atoms with Gasteiger partial charge in [0.15, 0.2) is 11.4 Å². The predicted octanol–water partition coefficient (Wildman–Crippen LogP) is 1.39. The van der Waals surface area contributed by atoms with Crippen LogP contribution in [0.3, 0.4) is 0 Å². The molecule has 5 rings (SSSR count). The molecule has 12 heteroatoms. The summed E-state index contributed by atoms with van der Waals surface area (Å²) < 4.78 is 5.16. The SMILES string of the molecule is COc1ccc(CC(=O)Cc2cc(N(C)C)c3c(c2O)C(O)=C2C(=O)[C@]4(O)C(O)=C(C(N)=O)C(=O)[C@@H](N(C)C)[C@@H]4C[C@@H]2C3)cc1. The number of primary amides is 1. The average molecular weight is 620 g/mol. The standard InChI is InChI=1S/C33H37N3O9/c1-35(2)22-14-17(11-18(37)10-15-6-8-19(45-5)9-7-15)27(38)24-20(22)12-16-13-21-26(36(3)4)29(40)25(32(34)43)31(42)33(21,44)30(41)23(16)28(24)39/h6-9,14,16,21,26,38-39,42,44H,10-13H2,1-5H3,(H2,34,43)/t16-,21-,26-,33-/m0/s1. The molecule has 3 aliphatic rings. The maximum atomic E-state index is 14.1. The number of ketones is 3. The molecule has 0 radical (unpaired) electrons. The van der Waals surface area contributed by atoms with Gasteiger partial charge in [-0.1, -0.05) is 12.1 Å². The van der Waals surface area contributed by atoms with Gasteiger partial charge in [0.1, 0.15) is 34.4 Å². The molecular formula is C33H37N3O9. The smallest absolute Gasteiger partial charge is 0.255 e. The molecule has 3 aliphatic carbocycles. The van der Waals surface area contributed by atoms with E-state index >= 15 is 0 Å².